The van der Waals surface area contributed by atoms with Gasteiger partial charge in [-0.05, 0) is 18.3 Å². The van der Waals surface area contributed by atoms with Crippen LogP contribution in [0.5, 0.6) is 0 Å². The highest BCUT2D eigenvalue weighted by molar-refractivity contribution is 5.97. The number of hydrogen-bond acceptors (Lipinski definition) is 4. The lowest BCUT2D eigenvalue weighted by Crippen LogP contribution is -2.56. The van der Waals surface area contributed by atoms with Crippen molar-refractivity contribution in [3.05, 3.63) is 12.2 Å². The van der Waals surface area contributed by atoms with Crippen LogP contribution in [-0.2, 0) is 19.1 Å². The van der Waals surface area contributed by atoms with Gasteiger partial charge in [-0.3, -0.25) is 9.59 Å². The van der Waals surface area contributed by atoms with Crippen LogP contribution in [-0.4, -0.2) is 56.7 Å². The van der Waals surface area contributed by atoms with Gasteiger partial charge in [0.25, 0.3) is 0 Å². The molecule has 25 heavy (non-hydrogen) atoms. The molecule has 3 aliphatic heterocycles. The average molecular weight is 349 g/mol. The molecule has 0 radical (unpaired) electrons. The second-order valence-corrected chi connectivity index (χ2v) is 7.96. The average Bonchev–Trinajstić information content (AvgIpc) is 3.17. The van der Waals surface area contributed by atoms with Gasteiger partial charge in [-0.2, -0.15) is 0 Å². The van der Waals surface area contributed by atoms with Crippen LogP contribution in [0.1, 0.15) is 33.1 Å². The first-order valence-electron chi connectivity index (χ1n) is 8.94. The molecule has 0 aromatic carbocycles. The molecule has 0 aromatic heterocycles. The van der Waals surface area contributed by atoms with Gasteiger partial charge >= 0.3 is 11.9 Å². The van der Waals surface area contributed by atoms with E-state index < -0.39 is 41.5 Å². The van der Waals surface area contributed by atoms with Crippen LogP contribution in [0.4, 0.5) is 0 Å². The summed E-state index contributed by atoms with van der Waals surface area (Å²) in [4.78, 5) is 38.5. The molecular formula is C18H23NO6. The molecule has 7 heteroatoms. The van der Waals surface area contributed by atoms with Crippen LogP contribution >= 0.6 is 0 Å². The molecule has 3 fully saturated rings. The topological polar surface area (TPSA) is 104 Å². The number of aliphatic carboxylic acids is 2. The minimum atomic E-state index is -1.35. The van der Waals surface area contributed by atoms with Crippen LogP contribution in [0.15, 0.2) is 12.2 Å². The number of amides is 1. The molecule has 1 aliphatic carbocycles. The Hall–Kier alpha value is -1.89. The zero-order chi connectivity index (χ0) is 18.1. The van der Waals surface area contributed by atoms with Gasteiger partial charge in [0, 0.05) is 6.04 Å². The molecule has 2 saturated heterocycles. The number of hydrogen-bond donors (Lipinski definition) is 2. The molecular weight excluding hydrogens is 326 g/mol. The summed E-state index contributed by atoms with van der Waals surface area (Å²) in [6.45, 7) is 4.17. The Labute approximate surface area is 145 Å². The van der Waals surface area contributed by atoms with E-state index in [9.17, 15) is 24.6 Å². The molecule has 2 bridgehead atoms. The molecule has 1 saturated carbocycles. The Morgan fingerprint density at radius 2 is 1.96 bits per heavy atom. The largest absolute Gasteiger partial charge is 0.481 e. The molecule has 7 nitrogen and oxygen atoms in total. The number of carbonyl (C=O) groups is 3. The maximum atomic E-state index is 13.2. The number of fused-ring (bicyclic) bond motifs is 1. The molecule has 0 aromatic rings. The monoisotopic (exact) mass is 349 g/mol. The predicted octanol–water partition coefficient (Wildman–Crippen LogP) is 1.13. The summed E-state index contributed by atoms with van der Waals surface area (Å²) in [5.41, 5.74) is -1.35. The van der Waals surface area contributed by atoms with Crippen molar-refractivity contribution in [1.82, 2.24) is 4.90 Å². The summed E-state index contributed by atoms with van der Waals surface area (Å²) < 4.78 is 5.85. The van der Waals surface area contributed by atoms with Gasteiger partial charge in [-0.15, -0.1) is 0 Å². The number of nitrogens with zero attached hydrogens (tertiary/aromatic N) is 1. The first-order chi connectivity index (χ1) is 11.8. The highest BCUT2D eigenvalue weighted by atomic mass is 16.5. The zero-order valence-electron chi connectivity index (χ0n) is 14.3. The summed E-state index contributed by atoms with van der Waals surface area (Å²) in [5, 5.41) is 19.5. The second-order valence-electron chi connectivity index (χ2n) is 7.96. The Morgan fingerprint density at radius 1 is 1.24 bits per heavy atom. The van der Waals surface area contributed by atoms with Crippen molar-refractivity contribution in [3.8, 4) is 0 Å². The van der Waals surface area contributed by atoms with E-state index in [2.05, 4.69) is 13.8 Å². The third-order valence-corrected chi connectivity index (χ3v) is 6.85. The molecule has 136 valence electrons. The van der Waals surface area contributed by atoms with E-state index in [0.717, 1.165) is 19.3 Å². The van der Waals surface area contributed by atoms with Crippen molar-refractivity contribution >= 4 is 17.8 Å². The van der Waals surface area contributed by atoms with Gasteiger partial charge in [0.15, 0.2) is 6.04 Å². The Bertz CT molecular complexity index is 674. The van der Waals surface area contributed by atoms with E-state index in [1.807, 2.05) is 0 Å². The molecule has 1 spiro atoms. The summed E-state index contributed by atoms with van der Waals surface area (Å²) >= 11 is 0. The van der Waals surface area contributed by atoms with Crippen molar-refractivity contribution in [2.24, 2.45) is 23.7 Å². The highest BCUT2D eigenvalue weighted by Gasteiger charge is 2.74. The van der Waals surface area contributed by atoms with Crippen molar-refractivity contribution < 1.29 is 29.3 Å². The van der Waals surface area contributed by atoms with Crippen molar-refractivity contribution in [2.75, 3.05) is 0 Å². The lowest BCUT2D eigenvalue weighted by molar-refractivity contribution is -0.157. The van der Waals surface area contributed by atoms with Crippen LogP contribution in [0.2, 0.25) is 0 Å². The minimum Gasteiger partial charge on any atom is -0.481 e. The maximum Gasteiger partial charge on any atom is 0.329 e. The third kappa shape index (κ3) is 1.99. The van der Waals surface area contributed by atoms with Gasteiger partial charge in [-0.1, -0.05) is 38.8 Å². The van der Waals surface area contributed by atoms with Crippen LogP contribution in [0.3, 0.4) is 0 Å². The van der Waals surface area contributed by atoms with Gasteiger partial charge in [0.1, 0.15) is 11.5 Å². The first kappa shape index (κ1) is 16.6. The van der Waals surface area contributed by atoms with Crippen molar-refractivity contribution in [2.45, 2.75) is 56.9 Å². The first-order valence-corrected chi connectivity index (χ1v) is 8.94. The quantitative estimate of drug-likeness (QED) is 0.740. The Balaban J connectivity index is 1.79. The molecule has 2 N–H and O–H groups in total. The number of likely N-dealkylation sites (tertiary alicyclic amines) is 1. The van der Waals surface area contributed by atoms with E-state index >= 15 is 0 Å². The summed E-state index contributed by atoms with van der Waals surface area (Å²) in [7, 11) is 0. The number of carboxylic acid groups (broad SMARTS) is 2. The van der Waals surface area contributed by atoms with Gasteiger partial charge in [0.2, 0.25) is 5.91 Å². The SMILES string of the molecule is CC1CCCC(N2C(=O)C3C(C(=O)O)C4C=CC3(O4)C2C(=O)O)C1C. The van der Waals surface area contributed by atoms with E-state index in [0.29, 0.717) is 5.92 Å². The van der Waals surface area contributed by atoms with E-state index in [1.54, 1.807) is 12.2 Å². The van der Waals surface area contributed by atoms with Crippen molar-refractivity contribution in [1.29, 1.82) is 0 Å². The normalized spacial score (nSPS) is 48.0. The van der Waals surface area contributed by atoms with Gasteiger partial charge in [-0.25, -0.2) is 4.79 Å². The van der Waals surface area contributed by atoms with Crippen LogP contribution < -0.4 is 0 Å². The number of ether oxygens (including phenoxy) is 1. The number of rotatable bonds is 3. The fourth-order valence-corrected chi connectivity index (χ4v) is 5.47. The van der Waals surface area contributed by atoms with E-state index in [-0.39, 0.29) is 17.9 Å². The Kier molecular flexibility index (Phi) is 3.51. The van der Waals surface area contributed by atoms with Gasteiger partial charge in [0.05, 0.1) is 12.0 Å². The van der Waals surface area contributed by atoms with Gasteiger partial charge < -0.3 is 19.8 Å². The minimum absolute atomic E-state index is 0.166. The maximum absolute atomic E-state index is 13.2. The Morgan fingerprint density at radius 3 is 2.60 bits per heavy atom. The molecule has 8 atom stereocenters. The lowest BCUT2D eigenvalue weighted by Gasteiger charge is -2.42. The smallest absolute Gasteiger partial charge is 0.329 e. The second kappa shape index (κ2) is 5.30. The lowest BCUT2D eigenvalue weighted by atomic mass is 9.74. The fourth-order valence-electron chi connectivity index (χ4n) is 5.47. The van der Waals surface area contributed by atoms with Crippen molar-refractivity contribution in [3.63, 3.8) is 0 Å². The molecule has 8 unspecified atom stereocenters. The summed E-state index contributed by atoms with van der Waals surface area (Å²) in [5.74, 6) is -4.02. The standard InChI is InChI=1S/C18H23NO6/c1-8-4-3-5-10(9(8)2)19-14(17(23)24)18-7-6-11(25-18)12(16(21)22)13(18)15(19)20/h6-14H,3-5H2,1-2H3,(H,21,22)(H,23,24). The fraction of sp³-hybridized carbons (Fsp3) is 0.722. The molecule has 1 amide bonds. The number of carbonyl (C=O) groups excluding carboxylic acids is 1. The molecule has 3 heterocycles. The summed E-state index contributed by atoms with van der Waals surface area (Å²) in [6, 6.07) is -1.35. The molecule has 4 rings (SSSR count). The van der Waals surface area contributed by atoms with Crippen LogP contribution in [0, 0.1) is 23.7 Å². The van der Waals surface area contributed by atoms with E-state index in [1.165, 1.54) is 4.90 Å². The van der Waals surface area contributed by atoms with Crippen LogP contribution in [0.25, 0.3) is 0 Å². The number of carboxylic acids is 2. The summed E-state index contributed by atoms with van der Waals surface area (Å²) in [6.07, 6.45) is 5.24. The highest BCUT2D eigenvalue weighted by Crippen LogP contribution is 2.56. The molecule has 4 aliphatic rings. The third-order valence-electron chi connectivity index (χ3n) is 6.85. The zero-order valence-corrected chi connectivity index (χ0v) is 14.3. The van der Waals surface area contributed by atoms with E-state index in [4.69, 9.17) is 4.74 Å². The predicted molar refractivity (Wildman–Crippen MR) is 85.6 cm³/mol.